The molecule has 0 unspecified atom stereocenters. The summed E-state index contributed by atoms with van der Waals surface area (Å²) in [6.07, 6.45) is 0.00582. The molecule has 4 rings (SSSR count). The molecule has 0 aromatic heterocycles. The second kappa shape index (κ2) is 10.3. The van der Waals surface area contributed by atoms with E-state index in [9.17, 15) is 22.8 Å². The van der Waals surface area contributed by atoms with Crippen LogP contribution < -0.4 is 4.74 Å². The van der Waals surface area contributed by atoms with Gasteiger partial charge in [0.05, 0.1) is 0 Å². The van der Waals surface area contributed by atoms with E-state index in [2.05, 4.69) is 37.2 Å². The molecule has 0 saturated carbocycles. The van der Waals surface area contributed by atoms with Crippen LogP contribution in [0.1, 0.15) is 61.8 Å². The van der Waals surface area contributed by atoms with Gasteiger partial charge < -0.3 is 9.94 Å². The molecule has 7 heteroatoms. The number of hydrogen-bond donors (Lipinski definition) is 1. The Morgan fingerprint density at radius 2 is 1.56 bits per heavy atom. The molecule has 190 valence electrons. The summed E-state index contributed by atoms with van der Waals surface area (Å²) in [5, 5.41) is 13.5. The highest BCUT2D eigenvalue weighted by atomic mass is 19.3. The van der Waals surface area contributed by atoms with Crippen LogP contribution in [-0.2, 0) is 5.41 Å². The van der Waals surface area contributed by atoms with Crippen molar-refractivity contribution in [2.24, 2.45) is 5.16 Å². The molecule has 3 aromatic rings. The SMILES string of the molecule is CCCC1(CCC)c2ccccc2-c2ccc(C(=NO)c3ccccc3OCC(F)(F)C(F)F)cc21. The lowest BCUT2D eigenvalue weighted by Gasteiger charge is -2.32. The lowest BCUT2D eigenvalue weighted by Crippen LogP contribution is -2.34. The van der Waals surface area contributed by atoms with Gasteiger partial charge in [-0.15, -0.1) is 0 Å². The van der Waals surface area contributed by atoms with Crippen molar-refractivity contribution < 1.29 is 27.5 Å². The zero-order valence-electron chi connectivity index (χ0n) is 20.3. The maximum absolute atomic E-state index is 13.5. The minimum Gasteiger partial charge on any atom is -0.486 e. The predicted octanol–water partition coefficient (Wildman–Crippen LogP) is 8.06. The summed E-state index contributed by atoms with van der Waals surface area (Å²) in [6, 6.07) is 20.3. The first-order valence-corrected chi connectivity index (χ1v) is 12.1. The largest absolute Gasteiger partial charge is 0.486 e. The topological polar surface area (TPSA) is 41.8 Å². The summed E-state index contributed by atoms with van der Waals surface area (Å²) in [5.74, 6) is -4.37. The van der Waals surface area contributed by atoms with E-state index < -0.39 is 19.0 Å². The van der Waals surface area contributed by atoms with Gasteiger partial charge in [0.1, 0.15) is 11.5 Å². The summed E-state index contributed by atoms with van der Waals surface area (Å²) in [5.41, 5.74) is 5.45. The van der Waals surface area contributed by atoms with E-state index in [1.54, 1.807) is 18.2 Å². The van der Waals surface area contributed by atoms with Gasteiger partial charge in [-0.05, 0) is 53.3 Å². The van der Waals surface area contributed by atoms with E-state index in [1.165, 1.54) is 17.2 Å². The molecule has 1 aliphatic carbocycles. The van der Waals surface area contributed by atoms with Gasteiger partial charge >= 0.3 is 12.3 Å². The van der Waals surface area contributed by atoms with Gasteiger partial charge in [-0.2, -0.15) is 8.78 Å². The molecule has 0 amide bonds. The number of nitrogens with zero attached hydrogens (tertiary/aromatic N) is 1. The summed E-state index contributed by atoms with van der Waals surface area (Å²) in [7, 11) is 0. The Hall–Kier alpha value is -3.35. The molecule has 1 N–H and O–H groups in total. The Balaban J connectivity index is 1.79. The third kappa shape index (κ3) is 4.47. The van der Waals surface area contributed by atoms with Crippen LogP contribution >= 0.6 is 0 Å². The normalized spacial score (nSPS) is 14.6. The maximum Gasteiger partial charge on any atom is 0.340 e. The number of ether oxygens (including phenoxy) is 1. The fourth-order valence-electron chi connectivity index (χ4n) is 5.41. The van der Waals surface area contributed by atoms with Crippen LogP contribution in [0.4, 0.5) is 17.6 Å². The van der Waals surface area contributed by atoms with Crippen molar-refractivity contribution in [1.82, 2.24) is 0 Å². The average molecular weight is 500 g/mol. The Kier molecular flexibility index (Phi) is 7.38. The third-order valence-electron chi connectivity index (χ3n) is 6.88. The first-order valence-electron chi connectivity index (χ1n) is 12.1. The highest BCUT2D eigenvalue weighted by Crippen LogP contribution is 2.54. The van der Waals surface area contributed by atoms with Crippen molar-refractivity contribution in [2.45, 2.75) is 57.3 Å². The quantitative estimate of drug-likeness (QED) is 0.133. The highest BCUT2D eigenvalue weighted by Gasteiger charge is 2.43. The molecule has 0 spiro atoms. The molecule has 3 nitrogen and oxygen atoms in total. The van der Waals surface area contributed by atoms with Crippen LogP contribution in [0.25, 0.3) is 11.1 Å². The van der Waals surface area contributed by atoms with Gasteiger partial charge in [-0.3, -0.25) is 0 Å². The maximum atomic E-state index is 13.5. The predicted molar refractivity (Wildman–Crippen MR) is 133 cm³/mol. The summed E-state index contributed by atoms with van der Waals surface area (Å²) in [4.78, 5) is 0. The summed E-state index contributed by atoms with van der Waals surface area (Å²) >= 11 is 0. The van der Waals surface area contributed by atoms with Gasteiger partial charge in [0.15, 0.2) is 6.61 Å². The van der Waals surface area contributed by atoms with Gasteiger partial charge in [0.2, 0.25) is 0 Å². The van der Waals surface area contributed by atoms with E-state index in [0.717, 1.165) is 36.8 Å². The number of hydrogen-bond acceptors (Lipinski definition) is 3. The van der Waals surface area contributed by atoms with E-state index in [-0.39, 0.29) is 22.4 Å². The molecule has 0 bridgehead atoms. The zero-order chi connectivity index (χ0) is 25.9. The highest BCUT2D eigenvalue weighted by molar-refractivity contribution is 6.14. The molecule has 3 aromatic carbocycles. The first-order chi connectivity index (χ1) is 17.3. The van der Waals surface area contributed by atoms with Crippen molar-refractivity contribution in [3.05, 3.63) is 89.0 Å². The molecular formula is C29H29F4NO2. The van der Waals surface area contributed by atoms with Crippen molar-refractivity contribution >= 4 is 5.71 Å². The number of para-hydroxylation sites is 1. The Morgan fingerprint density at radius 3 is 2.22 bits per heavy atom. The Bertz CT molecular complexity index is 1250. The number of oxime groups is 1. The minimum atomic E-state index is -4.30. The van der Waals surface area contributed by atoms with Crippen LogP contribution in [-0.4, -0.2) is 29.9 Å². The summed E-state index contributed by atoms with van der Waals surface area (Å²) < 4.78 is 57.5. The number of benzene rings is 3. The van der Waals surface area contributed by atoms with E-state index >= 15 is 0 Å². The van der Waals surface area contributed by atoms with E-state index in [0.29, 0.717) is 5.56 Å². The van der Waals surface area contributed by atoms with Crippen molar-refractivity contribution in [1.29, 1.82) is 0 Å². The van der Waals surface area contributed by atoms with E-state index in [4.69, 9.17) is 4.74 Å². The van der Waals surface area contributed by atoms with Gasteiger partial charge in [-0.25, -0.2) is 8.78 Å². The van der Waals surface area contributed by atoms with E-state index in [1.807, 2.05) is 24.3 Å². The van der Waals surface area contributed by atoms with Crippen LogP contribution in [0, 0.1) is 0 Å². The molecule has 0 atom stereocenters. The second-order valence-corrected chi connectivity index (χ2v) is 9.18. The van der Waals surface area contributed by atoms with Gasteiger partial charge in [-0.1, -0.05) is 80.4 Å². The monoisotopic (exact) mass is 499 g/mol. The number of alkyl halides is 4. The van der Waals surface area contributed by atoms with Crippen LogP contribution in [0.2, 0.25) is 0 Å². The van der Waals surface area contributed by atoms with Crippen molar-refractivity contribution in [3.63, 3.8) is 0 Å². The lowest BCUT2D eigenvalue weighted by molar-refractivity contribution is -0.148. The third-order valence-corrected chi connectivity index (χ3v) is 6.88. The summed E-state index contributed by atoms with van der Waals surface area (Å²) in [6.45, 7) is 2.83. The average Bonchev–Trinajstić information content (AvgIpc) is 3.14. The standard InChI is InChI=1S/C29H29F4NO2/c1-3-15-28(16-4-2)23-11-7-5-9-20(23)21-14-13-19(17-24(21)28)26(34-35)22-10-6-8-12-25(22)36-18-29(32,33)27(30)31/h5-14,17,27,35H,3-4,15-16,18H2,1-2H3. The fourth-order valence-corrected chi connectivity index (χ4v) is 5.41. The molecular weight excluding hydrogens is 470 g/mol. The number of fused-ring (bicyclic) bond motifs is 3. The number of halogens is 4. The van der Waals surface area contributed by atoms with Crippen LogP contribution in [0.5, 0.6) is 5.75 Å². The molecule has 0 radical (unpaired) electrons. The van der Waals surface area contributed by atoms with Gasteiger partial charge in [0.25, 0.3) is 0 Å². The first kappa shape index (κ1) is 25.7. The van der Waals surface area contributed by atoms with Gasteiger partial charge in [0, 0.05) is 16.5 Å². The van der Waals surface area contributed by atoms with Crippen LogP contribution in [0.15, 0.2) is 71.9 Å². The molecule has 36 heavy (non-hydrogen) atoms. The zero-order valence-corrected chi connectivity index (χ0v) is 20.3. The fraction of sp³-hybridized carbons (Fsp3) is 0.345. The molecule has 0 aliphatic heterocycles. The smallest absolute Gasteiger partial charge is 0.340 e. The molecule has 0 heterocycles. The number of rotatable bonds is 10. The Labute approximate surface area is 208 Å². The lowest BCUT2D eigenvalue weighted by atomic mass is 9.71. The van der Waals surface area contributed by atoms with Crippen molar-refractivity contribution in [3.8, 4) is 16.9 Å². The Morgan fingerprint density at radius 1 is 0.917 bits per heavy atom. The molecule has 0 saturated heterocycles. The minimum absolute atomic E-state index is 0.0669. The second-order valence-electron chi connectivity index (χ2n) is 9.18. The molecule has 1 aliphatic rings. The molecule has 0 fully saturated rings. The van der Waals surface area contributed by atoms with Crippen LogP contribution in [0.3, 0.4) is 0 Å². The van der Waals surface area contributed by atoms with Crippen molar-refractivity contribution in [2.75, 3.05) is 6.61 Å².